The number of ether oxygens (including phenoxy) is 1. The summed E-state index contributed by atoms with van der Waals surface area (Å²) in [6, 6.07) is 7.02. The standard InChI is InChI=1S/C12H17NO3/c1-3-10(13-12(15)16-2)8-9-4-6-11(14)7-5-9/h4-7,10,14H,3,8H2,1-2H3,(H,13,15). The third-order valence-corrected chi connectivity index (χ3v) is 2.42. The summed E-state index contributed by atoms with van der Waals surface area (Å²) in [5.41, 5.74) is 1.07. The first-order chi connectivity index (χ1) is 7.65. The molecule has 0 bridgehead atoms. The molecule has 0 spiro atoms. The Labute approximate surface area is 95.2 Å². The van der Waals surface area contributed by atoms with Gasteiger partial charge in [-0.25, -0.2) is 4.79 Å². The smallest absolute Gasteiger partial charge is 0.407 e. The molecule has 4 nitrogen and oxygen atoms in total. The van der Waals surface area contributed by atoms with Crippen molar-refractivity contribution in [2.45, 2.75) is 25.8 Å². The highest BCUT2D eigenvalue weighted by atomic mass is 16.5. The molecule has 0 aliphatic rings. The van der Waals surface area contributed by atoms with Crippen LogP contribution in [-0.2, 0) is 11.2 Å². The normalized spacial score (nSPS) is 11.9. The van der Waals surface area contributed by atoms with E-state index < -0.39 is 6.09 Å². The molecule has 4 heteroatoms. The number of rotatable bonds is 4. The molecule has 1 unspecified atom stereocenters. The van der Waals surface area contributed by atoms with E-state index in [0.717, 1.165) is 18.4 Å². The zero-order valence-corrected chi connectivity index (χ0v) is 9.56. The van der Waals surface area contributed by atoms with Crippen LogP contribution in [0, 0.1) is 0 Å². The first-order valence-electron chi connectivity index (χ1n) is 5.28. The molecule has 1 aromatic carbocycles. The van der Waals surface area contributed by atoms with Crippen LogP contribution < -0.4 is 5.32 Å². The number of methoxy groups -OCH3 is 1. The molecule has 0 aliphatic heterocycles. The summed E-state index contributed by atoms with van der Waals surface area (Å²) in [6.45, 7) is 2.00. The SMILES string of the molecule is CCC(Cc1ccc(O)cc1)NC(=O)OC. The van der Waals surface area contributed by atoms with Crippen molar-refractivity contribution in [1.29, 1.82) is 0 Å². The minimum absolute atomic E-state index is 0.0528. The lowest BCUT2D eigenvalue weighted by molar-refractivity contribution is 0.166. The van der Waals surface area contributed by atoms with Gasteiger partial charge in [0.2, 0.25) is 0 Å². The van der Waals surface area contributed by atoms with Gasteiger partial charge in [-0.15, -0.1) is 0 Å². The predicted molar refractivity (Wildman–Crippen MR) is 61.4 cm³/mol. The van der Waals surface area contributed by atoms with E-state index in [0.29, 0.717) is 0 Å². The molecule has 0 radical (unpaired) electrons. The Balaban J connectivity index is 2.56. The van der Waals surface area contributed by atoms with Crippen molar-refractivity contribution in [3.8, 4) is 5.75 Å². The fourth-order valence-corrected chi connectivity index (χ4v) is 1.44. The van der Waals surface area contributed by atoms with Crippen molar-refractivity contribution in [3.05, 3.63) is 29.8 Å². The fourth-order valence-electron chi connectivity index (χ4n) is 1.44. The summed E-state index contributed by atoms with van der Waals surface area (Å²) in [6.07, 6.45) is 1.15. The first kappa shape index (κ1) is 12.4. The molecule has 1 rings (SSSR count). The molecule has 1 aromatic rings. The number of aromatic hydroxyl groups is 1. The summed E-state index contributed by atoms with van der Waals surface area (Å²) in [7, 11) is 1.35. The lowest BCUT2D eigenvalue weighted by Gasteiger charge is -2.15. The quantitative estimate of drug-likeness (QED) is 0.821. The van der Waals surface area contributed by atoms with Gasteiger partial charge >= 0.3 is 6.09 Å². The zero-order chi connectivity index (χ0) is 12.0. The molecule has 0 heterocycles. The number of carbonyl (C=O) groups is 1. The van der Waals surface area contributed by atoms with E-state index in [1.807, 2.05) is 19.1 Å². The van der Waals surface area contributed by atoms with Gasteiger partial charge in [0.05, 0.1) is 7.11 Å². The summed E-state index contributed by atoms with van der Waals surface area (Å²) < 4.78 is 4.55. The third-order valence-electron chi connectivity index (χ3n) is 2.42. The van der Waals surface area contributed by atoms with Crippen molar-refractivity contribution in [2.75, 3.05) is 7.11 Å². The summed E-state index contributed by atoms with van der Waals surface area (Å²) in [5, 5.41) is 11.9. The highest BCUT2D eigenvalue weighted by Crippen LogP contribution is 2.12. The first-order valence-corrected chi connectivity index (χ1v) is 5.28. The van der Waals surface area contributed by atoms with Crippen LogP contribution in [0.1, 0.15) is 18.9 Å². The number of hydrogen-bond acceptors (Lipinski definition) is 3. The molecule has 88 valence electrons. The highest BCUT2D eigenvalue weighted by molar-refractivity contribution is 5.67. The van der Waals surface area contributed by atoms with E-state index in [1.54, 1.807) is 12.1 Å². The van der Waals surface area contributed by atoms with Crippen LogP contribution in [-0.4, -0.2) is 24.4 Å². The number of alkyl carbamates (subject to hydrolysis) is 1. The number of hydrogen-bond donors (Lipinski definition) is 2. The molecule has 0 saturated heterocycles. The molecular formula is C12H17NO3. The second kappa shape index (κ2) is 6.00. The van der Waals surface area contributed by atoms with Crippen LogP contribution in [0.2, 0.25) is 0 Å². The van der Waals surface area contributed by atoms with Crippen LogP contribution in [0.25, 0.3) is 0 Å². The van der Waals surface area contributed by atoms with Gasteiger partial charge < -0.3 is 15.2 Å². The van der Waals surface area contributed by atoms with Crippen molar-refractivity contribution in [3.63, 3.8) is 0 Å². The predicted octanol–water partition coefficient (Wildman–Crippen LogP) is 2.07. The Morgan fingerprint density at radius 3 is 2.56 bits per heavy atom. The number of nitrogens with one attached hydrogen (secondary N) is 1. The van der Waals surface area contributed by atoms with Crippen LogP contribution in [0.15, 0.2) is 24.3 Å². The monoisotopic (exact) mass is 223 g/mol. The van der Waals surface area contributed by atoms with Gasteiger partial charge in [0.25, 0.3) is 0 Å². The third kappa shape index (κ3) is 3.81. The lowest BCUT2D eigenvalue weighted by Crippen LogP contribution is -2.35. The molecule has 16 heavy (non-hydrogen) atoms. The van der Waals surface area contributed by atoms with E-state index in [-0.39, 0.29) is 11.8 Å². The van der Waals surface area contributed by atoms with Gasteiger partial charge in [-0.05, 0) is 30.5 Å². The molecule has 1 amide bonds. The molecule has 0 fully saturated rings. The molecule has 0 saturated carbocycles. The number of carbonyl (C=O) groups excluding carboxylic acids is 1. The molecule has 0 aromatic heterocycles. The van der Waals surface area contributed by atoms with Crippen LogP contribution in [0.4, 0.5) is 4.79 Å². The van der Waals surface area contributed by atoms with Crippen molar-refractivity contribution < 1.29 is 14.6 Å². The van der Waals surface area contributed by atoms with Crippen LogP contribution >= 0.6 is 0 Å². The van der Waals surface area contributed by atoms with Crippen LogP contribution in [0.5, 0.6) is 5.75 Å². The highest BCUT2D eigenvalue weighted by Gasteiger charge is 2.10. The largest absolute Gasteiger partial charge is 0.508 e. The van der Waals surface area contributed by atoms with Crippen molar-refractivity contribution in [1.82, 2.24) is 5.32 Å². The minimum Gasteiger partial charge on any atom is -0.508 e. The van der Waals surface area contributed by atoms with Gasteiger partial charge in [0, 0.05) is 6.04 Å². The Hall–Kier alpha value is -1.71. The second-order valence-corrected chi connectivity index (χ2v) is 3.61. The van der Waals surface area contributed by atoms with E-state index in [9.17, 15) is 4.79 Å². The van der Waals surface area contributed by atoms with E-state index in [1.165, 1.54) is 7.11 Å². The Bertz CT molecular complexity index is 335. The summed E-state index contributed by atoms with van der Waals surface area (Å²) in [4.78, 5) is 11.1. The number of phenols is 1. The molecule has 1 atom stereocenters. The zero-order valence-electron chi connectivity index (χ0n) is 9.56. The Kier molecular flexibility index (Phi) is 4.64. The van der Waals surface area contributed by atoms with E-state index >= 15 is 0 Å². The maximum atomic E-state index is 11.1. The molecule has 0 aliphatic carbocycles. The number of amides is 1. The Morgan fingerprint density at radius 2 is 2.06 bits per heavy atom. The number of benzene rings is 1. The van der Waals surface area contributed by atoms with Gasteiger partial charge in [-0.3, -0.25) is 0 Å². The average molecular weight is 223 g/mol. The van der Waals surface area contributed by atoms with Crippen molar-refractivity contribution in [2.24, 2.45) is 0 Å². The van der Waals surface area contributed by atoms with Crippen molar-refractivity contribution >= 4 is 6.09 Å². The van der Waals surface area contributed by atoms with Gasteiger partial charge in [-0.1, -0.05) is 19.1 Å². The minimum atomic E-state index is -0.411. The van der Waals surface area contributed by atoms with Gasteiger partial charge in [0.15, 0.2) is 0 Å². The maximum Gasteiger partial charge on any atom is 0.407 e. The van der Waals surface area contributed by atoms with E-state index in [4.69, 9.17) is 5.11 Å². The second-order valence-electron chi connectivity index (χ2n) is 3.61. The topological polar surface area (TPSA) is 58.6 Å². The van der Waals surface area contributed by atoms with Gasteiger partial charge in [0.1, 0.15) is 5.75 Å². The fraction of sp³-hybridized carbons (Fsp3) is 0.417. The summed E-state index contributed by atoms with van der Waals surface area (Å²) >= 11 is 0. The summed E-state index contributed by atoms with van der Waals surface area (Å²) in [5.74, 6) is 0.248. The average Bonchev–Trinajstić information content (AvgIpc) is 2.30. The molecular weight excluding hydrogens is 206 g/mol. The Morgan fingerprint density at radius 1 is 1.44 bits per heavy atom. The molecule has 2 N–H and O–H groups in total. The van der Waals surface area contributed by atoms with Crippen LogP contribution in [0.3, 0.4) is 0 Å². The maximum absolute atomic E-state index is 11.1. The lowest BCUT2D eigenvalue weighted by atomic mass is 10.0. The van der Waals surface area contributed by atoms with Gasteiger partial charge in [-0.2, -0.15) is 0 Å². The number of phenolic OH excluding ortho intramolecular Hbond substituents is 1. The van der Waals surface area contributed by atoms with E-state index in [2.05, 4.69) is 10.1 Å².